The topological polar surface area (TPSA) is 58.1 Å². The molecule has 1 aromatic rings. The van der Waals surface area contributed by atoms with Gasteiger partial charge in [0.2, 0.25) is 0 Å². The van der Waals surface area contributed by atoms with Gasteiger partial charge in [-0.3, -0.25) is 9.89 Å². The van der Waals surface area contributed by atoms with Crippen LogP contribution in [0.1, 0.15) is 26.3 Å². The molecule has 0 spiro atoms. The van der Waals surface area contributed by atoms with Crippen LogP contribution in [0, 0.1) is 5.92 Å². The molecule has 0 aromatic heterocycles. The summed E-state index contributed by atoms with van der Waals surface area (Å²) in [5.74, 6) is 2.73. The Hall–Kier alpha value is -1.66. The monoisotopic (exact) mass is 380 g/mol. The minimum atomic E-state index is 0.396. The van der Waals surface area contributed by atoms with E-state index in [-0.39, 0.29) is 0 Å². The normalized spacial score (nSPS) is 23.4. The molecule has 7 heteroatoms. The maximum Gasteiger partial charge on any atom is 0.191 e. The molecule has 0 bridgehead atoms. The highest BCUT2D eigenvalue weighted by atomic mass is 35.5. The molecule has 2 aliphatic heterocycles. The summed E-state index contributed by atoms with van der Waals surface area (Å²) in [5, 5.41) is 7.51. The highest BCUT2D eigenvalue weighted by molar-refractivity contribution is 6.32. The van der Waals surface area contributed by atoms with Gasteiger partial charge in [0.1, 0.15) is 13.2 Å². The fourth-order valence-electron chi connectivity index (χ4n) is 3.44. The summed E-state index contributed by atoms with van der Waals surface area (Å²) in [6.45, 7) is 10.6. The van der Waals surface area contributed by atoms with Gasteiger partial charge in [-0.2, -0.15) is 0 Å². The van der Waals surface area contributed by atoms with Crippen LogP contribution in [-0.2, 0) is 6.54 Å². The lowest BCUT2D eigenvalue weighted by Crippen LogP contribution is -2.46. The van der Waals surface area contributed by atoms with E-state index in [1.165, 1.54) is 0 Å². The maximum atomic E-state index is 6.31. The van der Waals surface area contributed by atoms with Crippen molar-refractivity contribution in [2.75, 3.05) is 33.4 Å². The Morgan fingerprint density at radius 1 is 1.31 bits per heavy atom. The Balaban J connectivity index is 1.59. The first kappa shape index (κ1) is 19.1. The number of likely N-dealkylation sites (tertiary alicyclic amines) is 1. The molecule has 1 fully saturated rings. The van der Waals surface area contributed by atoms with Crippen molar-refractivity contribution in [3.05, 3.63) is 22.7 Å². The van der Waals surface area contributed by atoms with E-state index in [9.17, 15) is 0 Å². The zero-order valence-electron chi connectivity index (χ0n) is 16.0. The predicted molar refractivity (Wildman–Crippen MR) is 105 cm³/mol. The third-order valence-electron chi connectivity index (χ3n) is 5.03. The zero-order valence-corrected chi connectivity index (χ0v) is 16.8. The molecule has 2 heterocycles. The number of nitrogens with zero attached hydrogens (tertiary/aromatic N) is 2. The van der Waals surface area contributed by atoms with Crippen LogP contribution in [0.4, 0.5) is 0 Å². The van der Waals surface area contributed by atoms with E-state index < -0.39 is 0 Å². The second-order valence-corrected chi connectivity index (χ2v) is 7.71. The van der Waals surface area contributed by atoms with Crippen molar-refractivity contribution in [3.8, 4) is 11.5 Å². The van der Waals surface area contributed by atoms with Gasteiger partial charge in [-0.25, -0.2) is 0 Å². The predicted octanol–water partition coefficient (Wildman–Crippen LogP) is 2.50. The van der Waals surface area contributed by atoms with Gasteiger partial charge < -0.3 is 20.1 Å². The number of fused-ring (bicyclic) bond motifs is 1. The fraction of sp³-hybridized carbons (Fsp3) is 0.632. The molecule has 2 unspecified atom stereocenters. The average Bonchev–Trinajstić information content (AvgIpc) is 2.99. The first-order valence-corrected chi connectivity index (χ1v) is 9.65. The van der Waals surface area contributed by atoms with Gasteiger partial charge in [-0.15, -0.1) is 0 Å². The maximum absolute atomic E-state index is 6.31. The molecule has 0 radical (unpaired) electrons. The van der Waals surface area contributed by atoms with Crippen molar-refractivity contribution in [2.45, 2.75) is 39.4 Å². The third-order valence-corrected chi connectivity index (χ3v) is 5.31. The smallest absolute Gasteiger partial charge is 0.191 e. The average molecular weight is 381 g/mol. The van der Waals surface area contributed by atoms with Crippen LogP contribution in [0.25, 0.3) is 0 Å². The Morgan fingerprint density at radius 2 is 2.08 bits per heavy atom. The number of hydrogen-bond donors (Lipinski definition) is 2. The van der Waals surface area contributed by atoms with Crippen molar-refractivity contribution in [3.63, 3.8) is 0 Å². The summed E-state index contributed by atoms with van der Waals surface area (Å²) in [4.78, 5) is 6.86. The molecule has 2 atom stereocenters. The SMILES string of the molecule is CN=C(NCc1cc(Cl)c2c(c1)OCCO2)NC1CN(C(C)C)CC1C. The summed E-state index contributed by atoms with van der Waals surface area (Å²) >= 11 is 6.31. The van der Waals surface area contributed by atoms with Gasteiger partial charge in [0.25, 0.3) is 0 Å². The highest BCUT2D eigenvalue weighted by Gasteiger charge is 2.31. The first-order valence-electron chi connectivity index (χ1n) is 9.27. The molecular formula is C19H29ClN4O2. The Kier molecular flexibility index (Phi) is 6.14. The zero-order chi connectivity index (χ0) is 18.7. The van der Waals surface area contributed by atoms with Crippen molar-refractivity contribution < 1.29 is 9.47 Å². The van der Waals surface area contributed by atoms with Crippen molar-refractivity contribution in [1.29, 1.82) is 0 Å². The van der Waals surface area contributed by atoms with Crippen molar-refractivity contribution >= 4 is 17.6 Å². The molecule has 0 aliphatic carbocycles. The summed E-state index contributed by atoms with van der Waals surface area (Å²) in [6, 6.07) is 4.85. The molecule has 0 amide bonds. The molecule has 2 N–H and O–H groups in total. The van der Waals surface area contributed by atoms with Crippen molar-refractivity contribution in [2.24, 2.45) is 10.9 Å². The van der Waals surface area contributed by atoms with Crippen LogP contribution >= 0.6 is 11.6 Å². The van der Waals surface area contributed by atoms with Gasteiger partial charge in [0.15, 0.2) is 17.5 Å². The van der Waals surface area contributed by atoms with E-state index in [1.54, 1.807) is 7.05 Å². The quantitative estimate of drug-likeness (QED) is 0.621. The molecular weight excluding hydrogens is 352 g/mol. The van der Waals surface area contributed by atoms with E-state index in [0.717, 1.165) is 24.6 Å². The van der Waals surface area contributed by atoms with Crippen LogP contribution < -0.4 is 20.1 Å². The molecule has 2 aliphatic rings. The Labute approximate surface area is 160 Å². The fourth-order valence-corrected chi connectivity index (χ4v) is 3.72. The van der Waals surface area contributed by atoms with E-state index in [0.29, 0.717) is 54.3 Å². The number of hydrogen-bond acceptors (Lipinski definition) is 4. The lowest BCUT2D eigenvalue weighted by molar-refractivity contribution is 0.171. The van der Waals surface area contributed by atoms with Gasteiger partial charge in [-0.1, -0.05) is 18.5 Å². The van der Waals surface area contributed by atoms with E-state index in [1.807, 2.05) is 12.1 Å². The van der Waals surface area contributed by atoms with Crippen LogP contribution in [0.15, 0.2) is 17.1 Å². The molecule has 6 nitrogen and oxygen atoms in total. The summed E-state index contributed by atoms with van der Waals surface area (Å²) < 4.78 is 11.2. The number of nitrogens with one attached hydrogen (secondary N) is 2. The molecule has 1 aromatic carbocycles. The molecule has 26 heavy (non-hydrogen) atoms. The van der Waals surface area contributed by atoms with Crippen LogP contribution in [0.3, 0.4) is 0 Å². The Bertz CT molecular complexity index is 665. The van der Waals surface area contributed by atoms with Gasteiger partial charge in [0.05, 0.1) is 5.02 Å². The number of aliphatic imine (C=N–C) groups is 1. The standard InChI is InChI=1S/C19H29ClN4O2/c1-12(2)24-10-13(3)16(11-24)23-19(21-4)22-9-14-7-15(20)18-17(8-14)25-5-6-26-18/h7-8,12-13,16H,5-6,9-11H2,1-4H3,(H2,21,22,23). The van der Waals surface area contributed by atoms with Crippen LogP contribution in [-0.4, -0.2) is 56.3 Å². The minimum Gasteiger partial charge on any atom is -0.486 e. The largest absolute Gasteiger partial charge is 0.486 e. The first-order chi connectivity index (χ1) is 12.5. The molecule has 144 valence electrons. The second-order valence-electron chi connectivity index (χ2n) is 7.30. The highest BCUT2D eigenvalue weighted by Crippen LogP contribution is 2.38. The number of rotatable bonds is 4. The number of ether oxygens (including phenoxy) is 2. The van der Waals surface area contributed by atoms with E-state index in [2.05, 4.69) is 41.3 Å². The minimum absolute atomic E-state index is 0.396. The summed E-state index contributed by atoms with van der Waals surface area (Å²) in [5.41, 5.74) is 1.03. The molecule has 1 saturated heterocycles. The van der Waals surface area contributed by atoms with E-state index in [4.69, 9.17) is 21.1 Å². The lowest BCUT2D eigenvalue weighted by atomic mass is 10.1. The number of guanidine groups is 1. The summed E-state index contributed by atoms with van der Waals surface area (Å²) in [6.07, 6.45) is 0. The molecule has 3 rings (SSSR count). The second kappa shape index (κ2) is 8.35. The summed E-state index contributed by atoms with van der Waals surface area (Å²) in [7, 11) is 1.80. The van der Waals surface area contributed by atoms with Gasteiger partial charge in [-0.05, 0) is 37.5 Å². The number of halogens is 1. The van der Waals surface area contributed by atoms with Crippen LogP contribution in [0.5, 0.6) is 11.5 Å². The van der Waals surface area contributed by atoms with Gasteiger partial charge in [0, 0.05) is 38.8 Å². The van der Waals surface area contributed by atoms with E-state index >= 15 is 0 Å². The Morgan fingerprint density at radius 3 is 2.77 bits per heavy atom. The van der Waals surface area contributed by atoms with Gasteiger partial charge >= 0.3 is 0 Å². The number of benzene rings is 1. The lowest BCUT2D eigenvalue weighted by Gasteiger charge is -2.22. The molecule has 0 saturated carbocycles. The third kappa shape index (κ3) is 4.35. The van der Waals surface area contributed by atoms with Crippen LogP contribution in [0.2, 0.25) is 5.02 Å². The van der Waals surface area contributed by atoms with Crippen molar-refractivity contribution in [1.82, 2.24) is 15.5 Å².